The third-order valence-corrected chi connectivity index (χ3v) is 5.60. The SMILES string of the molecule is Cc1cc(F)ccc1S(=O)(=O)NCC(=O)Nc1c(C)cccc1C(C)C. The summed E-state index contributed by atoms with van der Waals surface area (Å²) >= 11 is 0. The molecule has 0 aliphatic heterocycles. The third-order valence-electron chi connectivity index (χ3n) is 4.04. The van der Waals surface area contributed by atoms with Gasteiger partial charge in [-0.2, -0.15) is 0 Å². The van der Waals surface area contributed by atoms with Gasteiger partial charge in [-0.1, -0.05) is 32.0 Å². The highest BCUT2D eigenvalue weighted by atomic mass is 32.2. The van der Waals surface area contributed by atoms with Gasteiger partial charge in [0.1, 0.15) is 5.82 Å². The Morgan fingerprint density at radius 2 is 1.81 bits per heavy atom. The maximum atomic E-state index is 13.2. The molecule has 7 heteroatoms. The molecule has 140 valence electrons. The summed E-state index contributed by atoms with van der Waals surface area (Å²) in [6.45, 7) is 7.01. The molecule has 26 heavy (non-hydrogen) atoms. The van der Waals surface area contributed by atoms with Gasteiger partial charge >= 0.3 is 0 Å². The number of aryl methyl sites for hydroxylation is 2. The molecule has 2 aromatic rings. The molecule has 0 fully saturated rings. The van der Waals surface area contributed by atoms with Gasteiger partial charge in [-0.15, -0.1) is 0 Å². The highest BCUT2D eigenvalue weighted by Crippen LogP contribution is 2.27. The molecule has 0 atom stereocenters. The lowest BCUT2D eigenvalue weighted by Crippen LogP contribution is -2.33. The lowest BCUT2D eigenvalue weighted by Gasteiger charge is -2.16. The van der Waals surface area contributed by atoms with Crippen molar-refractivity contribution in [3.05, 3.63) is 58.9 Å². The van der Waals surface area contributed by atoms with Crippen molar-refractivity contribution >= 4 is 21.6 Å². The number of para-hydroxylation sites is 1. The molecule has 0 aliphatic carbocycles. The Morgan fingerprint density at radius 1 is 1.12 bits per heavy atom. The van der Waals surface area contributed by atoms with E-state index in [4.69, 9.17) is 0 Å². The van der Waals surface area contributed by atoms with Gasteiger partial charge in [-0.05, 0) is 54.7 Å². The van der Waals surface area contributed by atoms with Gasteiger partial charge in [0.15, 0.2) is 0 Å². The number of nitrogens with one attached hydrogen (secondary N) is 2. The van der Waals surface area contributed by atoms with Crippen LogP contribution in [0.15, 0.2) is 41.3 Å². The van der Waals surface area contributed by atoms with Crippen LogP contribution in [0.4, 0.5) is 10.1 Å². The molecule has 0 aromatic heterocycles. The first-order chi connectivity index (χ1) is 12.1. The number of carbonyl (C=O) groups is 1. The zero-order valence-electron chi connectivity index (χ0n) is 15.3. The van der Waals surface area contributed by atoms with Crippen molar-refractivity contribution in [1.82, 2.24) is 4.72 Å². The van der Waals surface area contributed by atoms with Crippen LogP contribution in [0.5, 0.6) is 0 Å². The Hall–Kier alpha value is -2.25. The number of amides is 1. The van der Waals surface area contributed by atoms with E-state index in [2.05, 4.69) is 10.0 Å². The van der Waals surface area contributed by atoms with Gasteiger partial charge in [-0.25, -0.2) is 17.5 Å². The second-order valence-electron chi connectivity index (χ2n) is 6.48. The summed E-state index contributed by atoms with van der Waals surface area (Å²) in [7, 11) is -3.91. The van der Waals surface area contributed by atoms with Crippen LogP contribution in [0.1, 0.15) is 36.5 Å². The van der Waals surface area contributed by atoms with Crippen LogP contribution < -0.4 is 10.0 Å². The normalized spacial score (nSPS) is 11.6. The number of benzene rings is 2. The van der Waals surface area contributed by atoms with Crippen LogP contribution in [0.3, 0.4) is 0 Å². The smallest absolute Gasteiger partial charge is 0.241 e. The Labute approximate surface area is 153 Å². The highest BCUT2D eigenvalue weighted by molar-refractivity contribution is 7.89. The Balaban J connectivity index is 2.12. The van der Waals surface area contributed by atoms with Crippen LogP contribution in [0.25, 0.3) is 0 Å². The minimum absolute atomic E-state index is 0.0505. The molecule has 0 heterocycles. The Kier molecular flexibility index (Phi) is 6.15. The van der Waals surface area contributed by atoms with Gasteiger partial charge < -0.3 is 5.32 Å². The number of halogens is 1. The summed E-state index contributed by atoms with van der Waals surface area (Å²) in [5.74, 6) is -0.770. The van der Waals surface area contributed by atoms with Crippen molar-refractivity contribution in [2.45, 2.75) is 38.5 Å². The van der Waals surface area contributed by atoms with Crippen LogP contribution in [-0.4, -0.2) is 20.9 Å². The Morgan fingerprint density at radius 3 is 2.42 bits per heavy atom. The lowest BCUT2D eigenvalue weighted by molar-refractivity contribution is -0.115. The maximum absolute atomic E-state index is 13.2. The predicted molar refractivity (Wildman–Crippen MR) is 100 cm³/mol. The molecule has 0 saturated carbocycles. The molecule has 0 bridgehead atoms. The summed E-state index contributed by atoms with van der Waals surface area (Å²) in [6, 6.07) is 9.12. The van der Waals surface area contributed by atoms with E-state index in [-0.39, 0.29) is 16.4 Å². The van der Waals surface area contributed by atoms with Crippen molar-refractivity contribution in [2.24, 2.45) is 0 Å². The fraction of sp³-hybridized carbons (Fsp3) is 0.316. The third kappa shape index (κ3) is 4.68. The summed E-state index contributed by atoms with van der Waals surface area (Å²) in [5, 5.41) is 2.78. The summed E-state index contributed by atoms with van der Waals surface area (Å²) in [5.41, 5.74) is 2.86. The Bertz CT molecular complexity index is 924. The molecule has 0 aliphatic rings. The van der Waals surface area contributed by atoms with Crippen LogP contribution >= 0.6 is 0 Å². The van der Waals surface area contributed by atoms with Crippen LogP contribution in [0, 0.1) is 19.7 Å². The molecule has 0 saturated heterocycles. The predicted octanol–water partition coefficient (Wildman–Crippen LogP) is 3.48. The van der Waals surface area contributed by atoms with E-state index in [1.54, 1.807) is 0 Å². The van der Waals surface area contributed by atoms with E-state index in [0.29, 0.717) is 5.69 Å². The largest absolute Gasteiger partial charge is 0.324 e. The minimum atomic E-state index is -3.91. The number of rotatable bonds is 6. The molecule has 0 spiro atoms. The van der Waals surface area contributed by atoms with Crippen molar-refractivity contribution in [3.8, 4) is 0 Å². The maximum Gasteiger partial charge on any atom is 0.241 e. The monoisotopic (exact) mass is 378 g/mol. The van der Waals surface area contributed by atoms with Crippen LogP contribution in [-0.2, 0) is 14.8 Å². The van der Waals surface area contributed by atoms with E-state index in [0.717, 1.165) is 23.3 Å². The summed E-state index contributed by atoms with van der Waals surface area (Å²) < 4.78 is 40.1. The highest BCUT2D eigenvalue weighted by Gasteiger charge is 2.19. The van der Waals surface area contributed by atoms with E-state index < -0.39 is 28.3 Å². The van der Waals surface area contributed by atoms with E-state index >= 15 is 0 Å². The fourth-order valence-corrected chi connectivity index (χ4v) is 3.89. The second-order valence-corrected chi connectivity index (χ2v) is 8.21. The molecule has 2 rings (SSSR count). The quantitative estimate of drug-likeness (QED) is 0.808. The van der Waals surface area contributed by atoms with Gasteiger partial charge in [-0.3, -0.25) is 4.79 Å². The van der Waals surface area contributed by atoms with E-state index in [1.807, 2.05) is 39.0 Å². The van der Waals surface area contributed by atoms with Crippen molar-refractivity contribution in [1.29, 1.82) is 0 Å². The zero-order valence-corrected chi connectivity index (χ0v) is 16.1. The number of sulfonamides is 1. The number of anilines is 1. The molecule has 2 N–H and O–H groups in total. The van der Waals surface area contributed by atoms with E-state index in [1.165, 1.54) is 13.0 Å². The van der Waals surface area contributed by atoms with Gasteiger partial charge in [0.2, 0.25) is 15.9 Å². The van der Waals surface area contributed by atoms with Crippen molar-refractivity contribution in [2.75, 3.05) is 11.9 Å². The summed E-state index contributed by atoms with van der Waals surface area (Å²) in [6.07, 6.45) is 0. The molecule has 0 radical (unpaired) electrons. The number of carbonyl (C=O) groups excluding carboxylic acids is 1. The van der Waals surface area contributed by atoms with Crippen molar-refractivity contribution < 1.29 is 17.6 Å². The molecule has 0 unspecified atom stereocenters. The average molecular weight is 378 g/mol. The fourth-order valence-electron chi connectivity index (χ4n) is 2.68. The molecule has 2 aromatic carbocycles. The first kappa shape index (κ1) is 20.1. The number of hydrogen-bond acceptors (Lipinski definition) is 3. The zero-order chi connectivity index (χ0) is 19.5. The summed E-state index contributed by atoms with van der Waals surface area (Å²) in [4.78, 5) is 12.2. The first-order valence-corrected chi connectivity index (χ1v) is 9.75. The molecule has 5 nitrogen and oxygen atoms in total. The van der Waals surface area contributed by atoms with Gasteiger partial charge in [0.25, 0.3) is 0 Å². The first-order valence-electron chi connectivity index (χ1n) is 8.27. The standard InChI is InChI=1S/C19H23FN2O3S/c1-12(2)16-7-5-6-13(3)19(16)22-18(23)11-21-26(24,25)17-9-8-15(20)10-14(17)4/h5-10,12,21H,11H2,1-4H3,(H,22,23). The lowest BCUT2D eigenvalue weighted by atomic mass is 9.98. The topological polar surface area (TPSA) is 75.3 Å². The average Bonchev–Trinajstić information content (AvgIpc) is 2.54. The van der Waals surface area contributed by atoms with Gasteiger partial charge in [0.05, 0.1) is 11.4 Å². The van der Waals surface area contributed by atoms with E-state index in [9.17, 15) is 17.6 Å². The number of hydrogen-bond donors (Lipinski definition) is 2. The van der Waals surface area contributed by atoms with Crippen molar-refractivity contribution in [3.63, 3.8) is 0 Å². The second kappa shape index (κ2) is 7.97. The minimum Gasteiger partial charge on any atom is -0.324 e. The molecular weight excluding hydrogens is 355 g/mol. The van der Waals surface area contributed by atoms with Crippen LogP contribution in [0.2, 0.25) is 0 Å². The molecule has 1 amide bonds. The molecular formula is C19H23FN2O3S. The van der Waals surface area contributed by atoms with Gasteiger partial charge in [0, 0.05) is 5.69 Å².